The van der Waals surface area contributed by atoms with E-state index in [1.54, 1.807) is 0 Å². The van der Waals surface area contributed by atoms with Gasteiger partial charge in [-0.1, -0.05) is 121 Å². The molecule has 2 saturated heterocycles. The molecule has 2 aliphatic rings. The number of hydrogen-bond donors (Lipinski definition) is 0. The predicted molar refractivity (Wildman–Crippen MR) is 163 cm³/mol. The standard InChI is InChI=1S/C34H35N3O4S/c1-42(39,40)41-25-31-23-35(22-27-14-6-2-7-15-27)26-36(31)33(38)32-24-37(32)34(28-16-8-3-9-17-28,29-18-10-4-11-19-29)30-20-12-5-13-21-30/h2-21,31-32H,22-26H2,1H3. The Labute approximate surface area is 248 Å². The number of carbonyl (C=O) groups excluding carboxylic acids is 1. The minimum Gasteiger partial charge on any atom is -0.322 e. The largest absolute Gasteiger partial charge is 0.322 e. The molecule has 3 atom stereocenters. The van der Waals surface area contributed by atoms with Crippen molar-refractivity contribution in [1.82, 2.24) is 14.7 Å². The van der Waals surface area contributed by atoms with Crippen LogP contribution in [-0.4, -0.2) is 73.7 Å². The van der Waals surface area contributed by atoms with Crippen molar-refractivity contribution < 1.29 is 17.4 Å². The molecule has 8 heteroatoms. The highest BCUT2D eigenvalue weighted by Gasteiger charge is 2.57. The van der Waals surface area contributed by atoms with Crippen LogP contribution in [-0.2, 0) is 31.2 Å². The summed E-state index contributed by atoms with van der Waals surface area (Å²) in [5.41, 5.74) is 3.72. The quantitative estimate of drug-likeness (QED) is 0.158. The summed E-state index contributed by atoms with van der Waals surface area (Å²) in [5.74, 6) is -0.0140. The Morgan fingerprint density at radius 2 is 1.24 bits per heavy atom. The molecule has 0 bridgehead atoms. The van der Waals surface area contributed by atoms with Crippen LogP contribution in [0.4, 0.5) is 0 Å². The summed E-state index contributed by atoms with van der Waals surface area (Å²) in [4.78, 5) is 20.6. The maximum Gasteiger partial charge on any atom is 0.264 e. The summed E-state index contributed by atoms with van der Waals surface area (Å²) in [6.07, 6.45) is 1.05. The number of amides is 1. The van der Waals surface area contributed by atoms with Gasteiger partial charge >= 0.3 is 0 Å². The van der Waals surface area contributed by atoms with E-state index in [1.807, 2.05) is 77.7 Å². The number of rotatable bonds is 10. The van der Waals surface area contributed by atoms with Gasteiger partial charge in [0.25, 0.3) is 10.1 Å². The van der Waals surface area contributed by atoms with Crippen molar-refractivity contribution in [3.05, 3.63) is 144 Å². The van der Waals surface area contributed by atoms with Gasteiger partial charge in [-0.25, -0.2) is 0 Å². The SMILES string of the molecule is CS(=O)(=O)OCC1CN(Cc2ccccc2)CN1C(=O)C1CN1C(c1ccccc1)(c1ccccc1)c1ccccc1. The maximum absolute atomic E-state index is 14.3. The van der Waals surface area contributed by atoms with E-state index in [4.69, 9.17) is 4.18 Å². The van der Waals surface area contributed by atoms with Gasteiger partial charge in [-0.2, -0.15) is 8.42 Å². The topological polar surface area (TPSA) is 69.9 Å². The first kappa shape index (κ1) is 28.3. The van der Waals surface area contributed by atoms with E-state index >= 15 is 0 Å². The molecule has 2 fully saturated rings. The summed E-state index contributed by atoms with van der Waals surface area (Å²) in [5, 5.41) is 0. The number of nitrogens with zero attached hydrogens (tertiary/aromatic N) is 3. The first-order chi connectivity index (χ1) is 20.4. The Hall–Kier alpha value is -3.82. The van der Waals surface area contributed by atoms with Crippen LogP contribution in [0.15, 0.2) is 121 Å². The monoisotopic (exact) mass is 581 g/mol. The lowest BCUT2D eigenvalue weighted by molar-refractivity contribution is -0.133. The molecule has 2 aliphatic heterocycles. The lowest BCUT2D eigenvalue weighted by Crippen LogP contribution is -2.46. The zero-order valence-corrected chi connectivity index (χ0v) is 24.4. The smallest absolute Gasteiger partial charge is 0.264 e. The molecule has 0 spiro atoms. The zero-order valence-electron chi connectivity index (χ0n) is 23.6. The van der Waals surface area contributed by atoms with Gasteiger partial charge in [0, 0.05) is 19.6 Å². The molecule has 4 aromatic carbocycles. The van der Waals surface area contributed by atoms with Gasteiger partial charge in [0.2, 0.25) is 5.91 Å². The van der Waals surface area contributed by atoms with Gasteiger partial charge in [-0.15, -0.1) is 0 Å². The number of benzene rings is 4. The molecule has 4 aromatic rings. The van der Waals surface area contributed by atoms with E-state index in [1.165, 1.54) is 0 Å². The Balaban J connectivity index is 1.34. The highest BCUT2D eigenvalue weighted by Crippen LogP contribution is 2.48. The average molecular weight is 582 g/mol. The van der Waals surface area contributed by atoms with Crippen LogP contribution < -0.4 is 0 Å². The van der Waals surface area contributed by atoms with Crippen molar-refractivity contribution in [2.45, 2.75) is 24.2 Å². The van der Waals surface area contributed by atoms with E-state index in [0.717, 1.165) is 28.5 Å². The molecular formula is C34H35N3O4S. The second kappa shape index (κ2) is 11.8. The first-order valence-electron chi connectivity index (χ1n) is 14.2. The molecule has 1 amide bonds. The van der Waals surface area contributed by atoms with Gasteiger partial charge in [-0.05, 0) is 22.3 Å². The molecule has 3 unspecified atom stereocenters. The van der Waals surface area contributed by atoms with E-state index < -0.39 is 15.7 Å². The van der Waals surface area contributed by atoms with Crippen LogP contribution in [0.25, 0.3) is 0 Å². The van der Waals surface area contributed by atoms with Gasteiger partial charge in [0.1, 0.15) is 6.04 Å². The third kappa shape index (κ3) is 5.76. The third-order valence-electron chi connectivity index (χ3n) is 8.17. The first-order valence-corrected chi connectivity index (χ1v) is 16.0. The normalized spacial score (nSPS) is 20.9. The molecule has 2 heterocycles. The van der Waals surface area contributed by atoms with Gasteiger partial charge < -0.3 is 4.90 Å². The van der Waals surface area contributed by atoms with Crippen molar-refractivity contribution >= 4 is 16.0 Å². The van der Waals surface area contributed by atoms with Crippen molar-refractivity contribution in [1.29, 1.82) is 0 Å². The molecule has 0 radical (unpaired) electrons. The van der Waals surface area contributed by atoms with Crippen molar-refractivity contribution in [3.8, 4) is 0 Å². The lowest BCUT2D eigenvalue weighted by Gasteiger charge is -2.38. The molecule has 0 aliphatic carbocycles. The van der Waals surface area contributed by atoms with Crippen LogP contribution in [0, 0.1) is 0 Å². The Kier molecular flexibility index (Phi) is 7.96. The Bertz CT molecular complexity index is 1510. The molecule has 42 heavy (non-hydrogen) atoms. The van der Waals surface area contributed by atoms with Crippen molar-refractivity contribution in [3.63, 3.8) is 0 Å². The zero-order chi connectivity index (χ0) is 29.2. The highest BCUT2D eigenvalue weighted by atomic mass is 32.2. The van der Waals surface area contributed by atoms with Gasteiger partial charge in [0.15, 0.2) is 0 Å². The van der Waals surface area contributed by atoms with Crippen LogP contribution in [0.3, 0.4) is 0 Å². The Morgan fingerprint density at radius 1 is 0.762 bits per heavy atom. The number of hydrogen-bond acceptors (Lipinski definition) is 6. The fourth-order valence-electron chi connectivity index (χ4n) is 6.28. The maximum atomic E-state index is 14.3. The van der Waals surface area contributed by atoms with E-state index in [2.05, 4.69) is 58.3 Å². The predicted octanol–water partition coefficient (Wildman–Crippen LogP) is 4.31. The van der Waals surface area contributed by atoms with E-state index in [-0.39, 0.29) is 24.6 Å². The fourth-order valence-corrected chi connectivity index (χ4v) is 6.69. The van der Waals surface area contributed by atoms with Gasteiger partial charge in [0.05, 0.1) is 31.1 Å². The van der Waals surface area contributed by atoms with Crippen molar-refractivity contribution in [2.24, 2.45) is 0 Å². The fraction of sp³-hybridized carbons (Fsp3) is 0.265. The summed E-state index contributed by atoms with van der Waals surface area (Å²) < 4.78 is 29.0. The Morgan fingerprint density at radius 3 is 1.71 bits per heavy atom. The minimum atomic E-state index is -3.65. The molecular weight excluding hydrogens is 546 g/mol. The van der Waals surface area contributed by atoms with Crippen LogP contribution in [0.1, 0.15) is 22.3 Å². The second-order valence-electron chi connectivity index (χ2n) is 11.1. The molecule has 6 rings (SSSR count). The summed E-state index contributed by atoms with van der Waals surface area (Å²) in [6.45, 7) is 2.11. The molecule has 0 aromatic heterocycles. The molecule has 0 saturated carbocycles. The second-order valence-corrected chi connectivity index (χ2v) is 12.7. The van der Waals surface area contributed by atoms with Crippen LogP contribution >= 0.6 is 0 Å². The van der Waals surface area contributed by atoms with Crippen molar-refractivity contribution in [2.75, 3.05) is 32.6 Å². The molecule has 7 nitrogen and oxygen atoms in total. The van der Waals surface area contributed by atoms with Gasteiger partial charge in [-0.3, -0.25) is 18.8 Å². The molecule has 0 N–H and O–H groups in total. The lowest BCUT2D eigenvalue weighted by atomic mass is 9.76. The van der Waals surface area contributed by atoms with Crippen LogP contribution in [0.5, 0.6) is 0 Å². The van der Waals surface area contributed by atoms with E-state index in [9.17, 15) is 13.2 Å². The van der Waals surface area contributed by atoms with Crippen LogP contribution in [0.2, 0.25) is 0 Å². The molecule has 216 valence electrons. The third-order valence-corrected chi connectivity index (χ3v) is 8.74. The highest BCUT2D eigenvalue weighted by molar-refractivity contribution is 7.85. The summed E-state index contributed by atoms with van der Waals surface area (Å²) in [7, 11) is -3.65. The number of carbonyl (C=O) groups is 1. The average Bonchev–Trinajstić information content (AvgIpc) is 3.71. The minimum absolute atomic E-state index is 0.0140. The summed E-state index contributed by atoms with van der Waals surface area (Å²) >= 11 is 0. The van der Waals surface area contributed by atoms with E-state index in [0.29, 0.717) is 26.3 Å². The summed E-state index contributed by atoms with van der Waals surface area (Å²) in [6, 6.07) is 40.3.